The Hall–Kier alpha value is -2.82. The Balaban J connectivity index is 1.32. The molecule has 1 aliphatic carbocycles. The fourth-order valence-electron chi connectivity index (χ4n) is 3.84. The number of hydrogen-bond donors (Lipinski definition) is 1. The molecule has 1 N–H and O–H groups in total. The van der Waals surface area contributed by atoms with E-state index in [2.05, 4.69) is 22.3 Å². The largest absolute Gasteiger partial charge is 0.335 e. The summed E-state index contributed by atoms with van der Waals surface area (Å²) in [6.45, 7) is 1.94. The smallest absolute Gasteiger partial charge is 0.321 e. The number of carbonyl (C=O) groups excluding carboxylic acids is 2. The Morgan fingerprint density at radius 1 is 0.893 bits per heavy atom. The lowest BCUT2D eigenvalue weighted by molar-refractivity contribution is -0.138. The zero-order valence-electron chi connectivity index (χ0n) is 16.1. The quantitative estimate of drug-likeness (QED) is 0.852. The molecular weight excluding hydrogens is 350 g/mol. The van der Waals surface area contributed by atoms with Gasteiger partial charge in [-0.3, -0.25) is 4.79 Å². The van der Waals surface area contributed by atoms with Gasteiger partial charge in [0.15, 0.2) is 0 Å². The van der Waals surface area contributed by atoms with Crippen LogP contribution in [0.3, 0.4) is 0 Å². The number of urea groups is 1. The van der Waals surface area contributed by atoms with Gasteiger partial charge in [-0.1, -0.05) is 48.5 Å². The minimum atomic E-state index is -0.0829. The van der Waals surface area contributed by atoms with Gasteiger partial charge in [-0.25, -0.2) is 4.79 Å². The molecule has 28 heavy (non-hydrogen) atoms. The van der Waals surface area contributed by atoms with E-state index in [1.165, 1.54) is 5.56 Å². The van der Waals surface area contributed by atoms with Crippen molar-refractivity contribution >= 4 is 17.6 Å². The molecule has 1 aliphatic heterocycles. The highest BCUT2D eigenvalue weighted by Gasteiger charge is 2.37. The minimum absolute atomic E-state index is 0.0186. The molecule has 5 heteroatoms. The number of likely N-dealkylation sites (tertiary alicyclic amines) is 1. The second-order valence-corrected chi connectivity index (χ2v) is 7.74. The molecule has 0 spiro atoms. The van der Waals surface area contributed by atoms with Crippen LogP contribution in [-0.4, -0.2) is 40.9 Å². The second kappa shape index (κ2) is 8.46. The summed E-state index contributed by atoms with van der Waals surface area (Å²) < 4.78 is 0. The molecule has 2 aromatic carbocycles. The van der Waals surface area contributed by atoms with Gasteiger partial charge in [0.1, 0.15) is 0 Å². The van der Waals surface area contributed by atoms with E-state index in [1.807, 2.05) is 53.4 Å². The van der Waals surface area contributed by atoms with E-state index in [-0.39, 0.29) is 17.9 Å². The summed E-state index contributed by atoms with van der Waals surface area (Å²) >= 11 is 0. The molecule has 0 atom stereocenters. The molecule has 2 aliphatic rings. The maximum absolute atomic E-state index is 13.2. The van der Waals surface area contributed by atoms with E-state index in [0.29, 0.717) is 25.7 Å². The highest BCUT2D eigenvalue weighted by Crippen LogP contribution is 2.32. The first kappa shape index (κ1) is 18.5. The van der Waals surface area contributed by atoms with Crippen molar-refractivity contribution in [2.45, 2.75) is 38.3 Å². The van der Waals surface area contributed by atoms with Gasteiger partial charge in [0.05, 0.1) is 0 Å². The molecule has 0 radical (unpaired) electrons. The first-order valence-corrected chi connectivity index (χ1v) is 10.2. The van der Waals surface area contributed by atoms with Crippen molar-refractivity contribution in [2.24, 2.45) is 5.92 Å². The maximum Gasteiger partial charge on any atom is 0.321 e. The predicted molar refractivity (Wildman–Crippen MR) is 110 cm³/mol. The predicted octanol–water partition coefficient (Wildman–Crippen LogP) is 4.12. The van der Waals surface area contributed by atoms with Crippen molar-refractivity contribution in [3.8, 4) is 0 Å². The number of amides is 3. The number of carbonyl (C=O) groups is 2. The van der Waals surface area contributed by atoms with Crippen LogP contribution in [0.1, 0.15) is 31.2 Å². The van der Waals surface area contributed by atoms with Crippen molar-refractivity contribution in [3.63, 3.8) is 0 Å². The molecule has 3 amide bonds. The number of benzene rings is 2. The van der Waals surface area contributed by atoms with Gasteiger partial charge in [0.25, 0.3) is 0 Å². The molecule has 5 nitrogen and oxygen atoms in total. The first-order valence-electron chi connectivity index (χ1n) is 10.2. The number of anilines is 1. The third kappa shape index (κ3) is 4.53. The molecule has 0 unspecified atom stereocenters. The van der Waals surface area contributed by atoms with Crippen molar-refractivity contribution in [1.29, 1.82) is 0 Å². The third-order valence-corrected chi connectivity index (χ3v) is 5.62. The molecule has 146 valence electrons. The van der Waals surface area contributed by atoms with E-state index in [9.17, 15) is 9.59 Å². The van der Waals surface area contributed by atoms with Crippen molar-refractivity contribution in [3.05, 3.63) is 66.2 Å². The normalized spacial score (nSPS) is 17.2. The highest BCUT2D eigenvalue weighted by molar-refractivity contribution is 5.89. The molecular formula is C23H27N3O2. The number of nitrogens with zero attached hydrogens (tertiary/aromatic N) is 2. The van der Waals surface area contributed by atoms with Gasteiger partial charge in [-0.05, 0) is 43.4 Å². The van der Waals surface area contributed by atoms with Gasteiger partial charge in [0, 0.05) is 37.3 Å². The monoisotopic (exact) mass is 377 g/mol. The Morgan fingerprint density at radius 2 is 1.50 bits per heavy atom. The summed E-state index contributed by atoms with van der Waals surface area (Å²) in [6, 6.07) is 20.0. The Labute approximate surface area is 166 Å². The zero-order valence-corrected chi connectivity index (χ0v) is 16.1. The van der Waals surface area contributed by atoms with Crippen LogP contribution in [0.25, 0.3) is 0 Å². The molecule has 1 saturated heterocycles. The van der Waals surface area contributed by atoms with Crippen LogP contribution in [0.2, 0.25) is 0 Å². The second-order valence-electron chi connectivity index (χ2n) is 7.74. The van der Waals surface area contributed by atoms with E-state index < -0.39 is 0 Å². The molecule has 0 bridgehead atoms. The van der Waals surface area contributed by atoms with Crippen molar-refractivity contribution in [2.75, 3.05) is 18.4 Å². The lowest BCUT2D eigenvalue weighted by atomic mass is 9.95. The van der Waals surface area contributed by atoms with Crippen LogP contribution in [0.15, 0.2) is 60.7 Å². The summed E-state index contributed by atoms with van der Waals surface area (Å²) in [6.07, 6.45) is 3.69. The van der Waals surface area contributed by atoms with Crippen molar-refractivity contribution in [1.82, 2.24) is 9.80 Å². The van der Waals surface area contributed by atoms with Crippen molar-refractivity contribution < 1.29 is 9.59 Å². The summed E-state index contributed by atoms with van der Waals surface area (Å²) in [5.74, 6) is 0.277. The fourth-order valence-corrected chi connectivity index (χ4v) is 3.84. The van der Waals surface area contributed by atoms with E-state index >= 15 is 0 Å². The highest BCUT2D eigenvalue weighted by atomic mass is 16.2. The van der Waals surface area contributed by atoms with Gasteiger partial charge < -0.3 is 15.1 Å². The molecule has 2 aromatic rings. The summed E-state index contributed by atoms with van der Waals surface area (Å²) in [5.41, 5.74) is 1.98. The number of nitrogens with one attached hydrogen (secondary N) is 1. The van der Waals surface area contributed by atoms with Crippen LogP contribution in [-0.2, 0) is 11.3 Å². The fraction of sp³-hybridized carbons (Fsp3) is 0.391. The lowest BCUT2D eigenvalue weighted by Gasteiger charge is -2.34. The topological polar surface area (TPSA) is 52.7 Å². The van der Waals surface area contributed by atoms with Gasteiger partial charge in [-0.15, -0.1) is 0 Å². The molecule has 0 aromatic heterocycles. The Morgan fingerprint density at radius 3 is 2.11 bits per heavy atom. The maximum atomic E-state index is 13.2. The zero-order chi connectivity index (χ0) is 19.3. The van der Waals surface area contributed by atoms with E-state index in [0.717, 1.165) is 31.4 Å². The first-order chi connectivity index (χ1) is 13.7. The van der Waals surface area contributed by atoms with Crippen LogP contribution in [0, 0.1) is 5.92 Å². The van der Waals surface area contributed by atoms with Crippen LogP contribution >= 0.6 is 0 Å². The number of piperidine rings is 1. The number of hydrogen-bond acceptors (Lipinski definition) is 2. The standard InChI is InChI=1S/C23H27N3O2/c27-22(26(21-11-12-21)17-18-7-3-1-4-8-18)19-13-15-25(16-14-19)23(28)24-20-9-5-2-6-10-20/h1-10,19,21H,11-17H2,(H,24,28). The average molecular weight is 377 g/mol. The molecule has 1 heterocycles. The number of para-hydroxylation sites is 1. The summed E-state index contributed by atoms with van der Waals surface area (Å²) in [7, 11) is 0. The third-order valence-electron chi connectivity index (χ3n) is 5.62. The van der Waals surface area contributed by atoms with E-state index in [4.69, 9.17) is 0 Å². The SMILES string of the molecule is O=C(Nc1ccccc1)N1CCC(C(=O)N(Cc2ccccc2)C2CC2)CC1. The minimum Gasteiger partial charge on any atom is -0.335 e. The summed E-state index contributed by atoms with van der Waals surface area (Å²) in [5, 5.41) is 2.93. The van der Waals surface area contributed by atoms with Crippen LogP contribution in [0.5, 0.6) is 0 Å². The summed E-state index contributed by atoms with van der Waals surface area (Å²) in [4.78, 5) is 29.5. The Kier molecular flexibility index (Phi) is 5.60. The molecule has 1 saturated carbocycles. The van der Waals surface area contributed by atoms with Crippen LogP contribution in [0.4, 0.5) is 10.5 Å². The van der Waals surface area contributed by atoms with Gasteiger partial charge in [0.2, 0.25) is 5.91 Å². The van der Waals surface area contributed by atoms with Crippen LogP contribution < -0.4 is 5.32 Å². The average Bonchev–Trinajstić information content (AvgIpc) is 3.58. The lowest BCUT2D eigenvalue weighted by Crippen LogP contribution is -2.46. The number of rotatable bonds is 5. The van der Waals surface area contributed by atoms with Gasteiger partial charge >= 0.3 is 6.03 Å². The Bertz CT molecular complexity index is 797. The molecule has 2 fully saturated rings. The molecule has 4 rings (SSSR count). The van der Waals surface area contributed by atoms with E-state index in [1.54, 1.807) is 0 Å². The van der Waals surface area contributed by atoms with Gasteiger partial charge in [-0.2, -0.15) is 0 Å².